The molecule has 1 atom stereocenters. The summed E-state index contributed by atoms with van der Waals surface area (Å²) in [4.78, 5) is 19.6. The van der Waals surface area contributed by atoms with E-state index in [2.05, 4.69) is 66.4 Å². The number of aromatic nitrogens is 4. The molecular formula is C27H30N6O. The molecule has 1 aliphatic rings. The average molecular weight is 455 g/mol. The van der Waals surface area contributed by atoms with Crippen LogP contribution in [0.25, 0.3) is 10.9 Å². The summed E-state index contributed by atoms with van der Waals surface area (Å²) < 4.78 is 2.18. The molecule has 0 saturated heterocycles. The van der Waals surface area contributed by atoms with E-state index in [9.17, 15) is 4.79 Å². The summed E-state index contributed by atoms with van der Waals surface area (Å²) in [6.07, 6.45) is 3.88. The van der Waals surface area contributed by atoms with Crippen molar-refractivity contribution in [2.24, 2.45) is 0 Å². The lowest BCUT2D eigenvalue weighted by atomic mass is 10.1. The minimum atomic E-state index is -0.182. The summed E-state index contributed by atoms with van der Waals surface area (Å²) in [6, 6.07) is 20.4. The van der Waals surface area contributed by atoms with Crippen LogP contribution in [0.5, 0.6) is 0 Å². The molecule has 1 aliphatic heterocycles. The Hall–Kier alpha value is -3.58. The summed E-state index contributed by atoms with van der Waals surface area (Å²) >= 11 is 0. The Kier molecular flexibility index (Phi) is 6.62. The summed E-state index contributed by atoms with van der Waals surface area (Å²) in [7, 11) is 0. The highest BCUT2D eigenvalue weighted by atomic mass is 16.1. The number of nitrogens with zero attached hydrogens (tertiary/aromatic N) is 5. The summed E-state index contributed by atoms with van der Waals surface area (Å²) in [6.45, 7) is 5.46. The van der Waals surface area contributed by atoms with Crippen LogP contribution in [0, 0.1) is 0 Å². The van der Waals surface area contributed by atoms with Crippen molar-refractivity contribution in [3.63, 3.8) is 0 Å². The molecule has 1 unspecified atom stereocenters. The molecule has 5 rings (SSSR count). The number of hydrogen-bond acceptors (Lipinski definition) is 5. The minimum absolute atomic E-state index is 0.0346. The quantitative estimate of drug-likeness (QED) is 0.461. The van der Waals surface area contributed by atoms with Crippen LogP contribution in [-0.2, 0) is 30.7 Å². The van der Waals surface area contributed by atoms with Crippen LogP contribution in [-0.4, -0.2) is 43.6 Å². The lowest BCUT2D eigenvalue weighted by Gasteiger charge is -2.21. The van der Waals surface area contributed by atoms with Gasteiger partial charge in [-0.3, -0.25) is 14.7 Å². The predicted octanol–water partition coefficient (Wildman–Crippen LogP) is 3.69. The summed E-state index contributed by atoms with van der Waals surface area (Å²) in [5, 5.41) is 13.2. The van der Waals surface area contributed by atoms with Gasteiger partial charge < -0.3 is 9.88 Å². The fourth-order valence-corrected chi connectivity index (χ4v) is 4.68. The van der Waals surface area contributed by atoms with Crippen LogP contribution >= 0.6 is 0 Å². The minimum Gasteiger partial charge on any atom is -0.346 e. The molecule has 0 bridgehead atoms. The maximum absolute atomic E-state index is 12.5. The molecule has 34 heavy (non-hydrogen) atoms. The molecule has 2 aromatic carbocycles. The second kappa shape index (κ2) is 10.1. The standard InChI is InChI=1S/C27H30N6O/c1-20(29-25(34)13-12-21-7-3-2-4-8-21)27-31-30-24-14-16-32(17-18-33(24)27)19-23-10-5-9-22-11-6-15-28-26(22)23/h2-11,15,20H,12-14,16-19H2,1H3,(H,29,34). The van der Waals surface area contributed by atoms with Gasteiger partial charge in [-0.25, -0.2) is 0 Å². The third-order valence-electron chi connectivity index (χ3n) is 6.51. The first-order valence-corrected chi connectivity index (χ1v) is 12.0. The highest BCUT2D eigenvalue weighted by Gasteiger charge is 2.23. The lowest BCUT2D eigenvalue weighted by Crippen LogP contribution is -2.30. The highest BCUT2D eigenvalue weighted by molar-refractivity contribution is 5.81. The third-order valence-corrected chi connectivity index (χ3v) is 6.51. The van der Waals surface area contributed by atoms with Gasteiger partial charge in [0, 0.05) is 50.6 Å². The van der Waals surface area contributed by atoms with E-state index in [0.717, 1.165) is 56.2 Å². The predicted molar refractivity (Wildman–Crippen MR) is 132 cm³/mol. The Balaban J connectivity index is 1.21. The second-order valence-corrected chi connectivity index (χ2v) is 8.92. The van der Waals surface area contributed by atoms with Crippen LogP contribution in [0.15, 0.2) is 66.9 Å². The molecule has 0 aliphatic carbocycles. The van der Waals surface area contributed by atoms with Gasteiger partial charge in [-0.05, 0) is 30.5 Å². The van der Waals surface area contributed by atoms with Crippen molar-refractivity contribution in [3.05, 3.63) is 89.6 Å². The van der Waals surface area contributed by atoms with Crippen molar-refractivity contribution < 1.29 is 4.79 Å². The molecule has 1 N–H and O–H groups in total. The van der Waals surface area contributed by atoms with Crippen molar-refractivity contribution in [1.82, 2.24) is 30.0 Å². The van der Waals surface area contributed by atoms with Crippen LogP contribution < -0.4 is 5.32 Å². The Morgan fingerprint density at radius 2 is 1.85 bits per heavy atom. The Morgan fingerprint density at radius 3 is 2.74 bits per heavy atom. The van der Waals surface area contributed by atoms with E-state index < -0.39 is 0 Å². The van der Waals surface area contributed by atoms with Crippen molar-refractivity contribution in [1.29, 1.82) is 0 Å². The highest BCUT2D eigenvalue weighted by Crippen LogP contribution is 2.20. The van der Waals surface area contributed by atoms with Gasteiger partial charge in [-0.2, -0.15) is 0 Å². The molecule has 1 amide bonds. The molecule has 0 radical (unpaired) electrons. The van der Waals surface area contributed by atoms with E-state index in [1.807, 2.05) is 37.4 Å². The van der Waals surface area contributed by atoms with Crippen LogP contribution in [0.2, 0.25) is 0 Å². The number of carbonyl (C=O) groups excluding carboxylic acids is 1. The smallest absolute Gasteiger partial charge is 0.220 e. The van der Waals surface area contributed by atoms with Gasteiger partial charge in [0.05, 0.1) is 11.6 Å². The first-order valence-electron chi connectivity index (χ1n) is 12.0. The van der Waals surface area contributed by atoms with Crippen LogP contribution in [0.1, 0.15) is 42.2 Å². The van der Waals surface area contributed by atoms with Gasteiger partial charge >= 0.3 is 0 Å². The van der Waals surface area contributed by atoms with Crippen molar-refractivity contribution in [2.75, 3.05) is 13.1 Å². The number of rotatable bonds is 7. The molecule has 3 heterocycles. The van der Waals surface area contributed by atoms with Gasteiger partial charge in [0.15, 0.2) is 5.82 Å². The number of hydrogen-bond donors (Lipinski definition) is 1. The van der Waals surface area contributed by atoms with Crippen LogP contribution in [0.3, 0.4) is 0 Å². The number of para-hydroxylation sites is 1. The fraction of sp³-hybridized carbons (Fsp3) is 0.333. The van der Waals surface area contributed by atoms with E-state index in [-0.39, 0.29) is 11.9 Å². The van der Waals surface area contributed by atoms with Gasteiger partial charge in [0.1, 0.15) is 5.82 Å². The number of carbonyl (C=O) groups is 1. The number of aryl methyl sites for hydroxylation is 1. The van der Waals surface area contributed by atoms with E-state index in [0.29, 0.717) is 6.42 Å². The molecule has 0 saturated carbocycles. The van der Waals surface area contributed by atoms with Gasteiger partial charge in [0.2, 0.25) is 5.91 Å². The van der Waals surface area contributed by atoms with E-state index >= 15 is 0 Å². The van der Waals surface area contributed by atoms with Gasteiger partial charge in [0.25, 0.3) is 0 Å². The Labute approximate surface area is 199 Å². The fourth-order valence-electron chi connectivity index (χ4n) is 4.68. The Bertz CT molecular complexity index is 1260. The maximum atomic E-state index is 12.5. The first kappa shape index (κ1) is 22.2. The SMILES string of the molecule is CC(NC(=O)CCc1ccccc1)c1nnc2n1CCN(Cc1cccc3cccnc13)CC2. The first-order chi connectivity index (χ1) is 16.7. The van der Waals surface area contributed by atoms with E-state index in [1.165, 1.54) is 16.5 Å². The molecule has 174 valence electrons. The molecule has 7 heteroatoms. The summed E-state index contributed by atoms with van der Waals surface area (Å²) in [5.41, 5.74) is 3.49. The van der Waals surface area contributed by atoms with Crippen molar-refractivity contribution >= 4 is 16.8 Å². The lowest BCUT2D eigenvalue weighted by molar-refractivity contribution is -0.121. The zero-order chi connectivity index (χ0) is 23.3. The van der Waals surface area contributed by atoms with E-state index in [1.54, 1.807) is 0 Å². The monoisotopic (exact) mass is 454 g/mol. The third kappa shape index (κ3) is 4.99. The molecule has 4 aromatic rings. The van der Waals surface area contributed by atoms with Crippen molar-refractivity contribution in [2.45, 2.75) is 45.3 Å². The number of amides is 1. The number of benzene rings is 2. The zero-order valence-electron chi connectivity index (χ0n) is 19.5. The van der Waals surface area contributed by atoms with Gasteiger partial charge in [-0.15, -0.1) is 10.2 Å². The second-order valence-electron chi connectivity index (χ2n) is 8.92. The molecule has 7 nitrogen and oxygen atoms in total. The molecular weight excluding hydrogens is 424 g/mol. The number of nitrogens with one attached hydrogen (secondary N) is 1. The molecule has 0 fully saturated rings. The largest absolute Gasteiger partial charge is 0.346 e. The topological polar surface area (TPSA) is 75.9 Å². The maximum Gasteiger partial charge on any atom is 0.220 e. The summed E-state index contributed by atoms with van der Waals surface area (Å²) in [5.74, 6) is 1.85. The normalized spacial score (nSPS) is 15.0. The van der Waals surface area contributed by atoms with Gasteiger partial charge in [-0.1, -0.05) is 54.6 Å². The average Bonchev–Trinajstić information content (AvgIpc) is 3.18. The number of fused-ring (bicyclic) bond motifs is 2. The Morgan fingerprint density at radius 1 is 1.00 bits per heavy atom. The zero-order valence-corrected chi connectivity index (χ0v) is 19.5. The molecule has 0 spiro atoms. The van der Waals surface area contributed by atoms with Crippen molar-refractivity contribution in [3.8, 4) is 0 Å². The van der Waals surface area contributed by atoms with E-state index in [4.69, 9.17) is 0 Å². The number of pyridine rings is 1. The van der Waals surface area contributed by atoms with Crippen LogP contribution in [0.4, 0.5) is 0 Å². The molecule has 2 aromatic heterocycles.